The summed E-state index contributed by atoms with van der Waals surface area (Å²) in [6.07, 6.45) is 4.87. The molecule has 4 rings (SSSR count). The smallest absolute Gasteiger partial charge is 0.0397 e. The van der Waals surface area contributed by atoms with Crippen LogP contribution in [0.25, 0.3) is 12.2 Å². The Hall–Kier alpha value is -1.86. The van der Waals surface area contributed by atoms with Crippen molar-refractivity contribution in [2.45, 2.75) is 65.5 Å². The molecular formula is C26H30Si. The van der Waals surface area contributed by atoms with Crippen LogP contribution in [0.3, 0.4) is 0 Å². The van der Waals surface area contributed by atoms with Gasteiger partial charge in [0.25, 0.3) is 0 Å². The van der Waals surface area contributed by atoms with Gasteiger partial charge in [-0.15, -0.1) is 0 Å². The van der Waals surface area contributed by atoms with Crippen molar-refractivity contribution < 1.29 is 0 Å². The van der Waals surface area contributed by atoms with E-state index < -0.39 is 0 Å². The number of hydrogen-bond acceptors (Lipinski definition) is 0. The normalized spacial score (nSPS) is 20.4. The van der Waals surface area contributed by atoms with Crippen LogP contribution < -0.4 is 0 Å². The first-order valence-corrected chi connectivity index (χ1v) is 11.6. The number of rotatable bonds is 4. The van der Waals surface area contributed by atoms with Gasteiger partial charge in [-0.05, 0) is 74.9 Å². The van der Waals surface area contributed by atoms with Gasteiger partial charge < -0.3 is 0 Å². The molecule has 2 aromatic carbocycles. The second kappa shape index (κ2) is 6.94. The van der Waals surface area contributed by atoms with E-state index in [4.69, 9.17) is 0 Å². The van der Waals surface area contributed by atoms with E-state index in [2.05, 4.69) is 78.0 Å². The molecule has 0 saturated heterocycles. The second-order valence-electron chi connectivity index (χ2n) is 8.71. The summed E-state index contributed by atoms with van der Waals surface area (Å²) in [4.78, 5) is 0. The fourth-order valence-corrected chi connectivity index (χ4v) is 6.88. The Balaban J connectivity index is 1.50. The third kappa shape index (κ3) is 3.27. The fraction of sp³-hybridized carbons (Fsp3) is 0.385. The number of allylic oxidation sites excluding steroid dienone is 2. The van der Waals surface area contributed by atoms with Crippen molar-refractivity contribution in [2.75, 3.05) is 0 Å². The van der Waals surface area contributed by atoms with Crippen LogP contribution in [0.4, 0.5) is 0 Å². The summed E-state index contributed by atoms with van der Waals surface area (Å²) in [5, 5.41) is 0. The molecule has 1 heteroatoms. The molecule has 2 unspecified atom stereocenters. The predicted molar refractivity (Wildman–Crippen MR) is 120 cm³/mol. The molecule has 2 aliphatic carbocycles. The molecular weight excluding hydrogens is 340 g/mol. The van der Waals surface area contributed by atoms with Crippen molar-refractivity contribution in [2.24, 2.45) is 0 Å². The molecule has 0 saturated carbocycles. The van der Waals surface area contributed by atoms with Gasteiger partial charge in [0.2, 0.25) is 0 Å². The van der Waals surface area contributed by atoms with Crippen LogP contribution >= 0.6 is 0 Å². The predicted octanol–water partition coefficient (Wildman–Crippen LogP) is 7.16. The summed E-state index contributed by atoms with van der Waals surface area (Å²) in [6, 6.07) is 12.1. The maximum atomic E-state index is 2.43. The average Bonchev–Trinajstić information content (AvgIpc) is 3.06. The lowest BCUT2D eigenvalue weighted by Gasteiger charge is -2.19. The maximum absolute atomic E-state index is 2.43. The van der Waals surface area contributed by atoms with E-state index in [0.717, 1.165) is 9.52 Å². The van der Waals surface area contributed by atoms with Gasteiger partial charge in [0.15, 0.2) is 0 Å². The van der Waals surface area contributed by atoms with E-state index in [9.17, 15) is 0 Å². The summed E-state index contributed by atoms with van der Waals surface area (Å²) >= 11 is 0. The monoisotopic (exact) mass is 370 g/mol. The molecule has 0 heterocycles. The average molecular weight is 371 g/mol. The molecule has 2 radical (unpaired) electrons. The van der Waals surface area contributed by atoms with Gasteiger partial charge >= 0.3 is 0 Å². The maximum Gasteiger partial charge on any atom is 0.0397 e. The van der Waals surface area contributed by atoms with E-state index in [-0.39, 0.29) is 0 Å². The second-order valence-corrected chi connectivity index (χ2v) is 10.0. The van der Waals surface area contributed by atoms with Crippen molar-refractivity contribution in [1.82, 2.24) is 0 Å². The van der Waals surface area contributed by atoms with Crippen LogP contribution in [-0.2, 0) is 0 Å². The Morgan fingerprint density at radius 2 is 1.04 bits per heavy atom. The molecule has 0 spiro atoms. The van der Waals surface area contributed by atoms with Gasteiger partial charge in [-0.3, -0.25) is 0 Å². The molecule has 2 atom stereocenters. The van der Waals surface area contributed by atoms with Crippen LogP contribution in [0, 0.1) is 27.7 Å². The van der Waals surface area contributed by atoms with Crippen LogP contribution in [-0.4, -0.2) is 9.52 Å². The summed E-state index contributed by atoms with van der Waals surface area (Å²) in [7, 11) is 1.00. The molecule has 0 N–H and O–H groups in total. The largest absolute Gasteiger partial charge is 0.0655 e. The first kappa shape index (κ1) is 18.5. The Morgan fingerprint density at radius 1 is 0.630 bits per heavy atom. The van der Waals surface area contributed by atoms with Crippen molar-refractivity contribution in [1.29, 1.82) is 0 Å². The summed E-state index contributed by atoms with van der Waals surface area (Å²) in [5.74, 6) is 1.25. The van der Waals surface area contributed by atoms with Crippen LogP contribution in [0.1, 0.15) is 70.2 Å². The Kier molecular flexibility index (Phi) is 4.76. The highest BCUT2D eigenvalue weighted by atomic mass is 28.2. The van der Waals surface area contributed by atoms with E-state index in [1.165, 1.54) is 45.5 Å². The molecule has 0 bridgehead atoms. The molecule has 2 aromatic rings. The standard InChI is InChI=1S/C26H30Si/c1-15-7-17(3)21-11-19(5)25(23(21)9-15)13-27-14-26-20(6)12-22-18(4)8-16(2)10-24(22)26/h7-12,25-26H,13-14H2,1-6H3. The Bertz CT molecular complexity index is 895. The fourth-order valence-electron chi connectivity index (χ4n) is 5.06. The number of hydrogen-bond donors (Lipinski definition) is 0. The molecule has 0 nitrogen and oxygen atoms in total. The molecule has 0 fully saturated rings. The van der Waals surface area contributed by atoms with Gasteiger partial charge in [0.05, 0.1) is 0 Å². The zero-order chi connectivity index (χ0) is 19.3. The molecule has 138 valence electrons. The molecule has 27 heavy (non-hydrogen) atoms. The lowest BCUT2D eigenvalue weighted by molar-refractivity contribution is 0.873. The number of benzene rings is 2. The van der Waals surface area contributed by atoms with Crippen molar-refractivity contribution in [3.8, 4) is 0 Å². The first-order valence-electron chi connectivity index (χ1n) is 10.1. The third-order valence-electron chi connectivity index (χ3n) is 6.42. The van der Waals surface area contributed by atoms with E-state index in [0.29, 0.717) is 11.8 Å². The zero-order valence-electron chi connectivity index (χ0n) is 17.5. The summed E-state index contributed by atoms with van der Waals surface area (Å²) in [5.41, 5.74) is 14.9. The zero-order valence-corrected chi connectivity index (χ0v) is 18.5. The third-order valence-corrected chi connectivity index (χ3v) is 7.81. The van der Waals surface area contributed by atoms with Crippen molar-refractivity contribution in [3.63, 3.8) is 0 Å². The number of aryl methyl sites for hydroxylation is 4. The Labute approximate surface area is 167 Å². The van der Waals surface area contributed by atoms with Crippen LogP contribution in [0.15, 0.2) is 35.4 Å². The van der Waals surface area contributed by atoms with Gasteiger partial charge in [0, 0.05) is 21.4 Å². The van der Waals surface area contributed by atoms with E-state index in [1.807, 2.05) is 0 Å². The molecule has 0 aromatic heterocycles. The topological polar surface area (TPSA) is 0 Å². The van der Waals surface area contributed by atoms with Crippen LogP contribution in [0.2, 0.25) is 12.1 Å². The summed E-state index contributed by atoms with van der Waals surface area (Å²) < 4.78 is 0. The van der Waals surface area contributed by atoms with Gasteiger partial charge in [-0.1, -0.05) is 70.8 Å². The lowest BCUT2D eigenvalue weighted by atomic mass is 9.94. The van der Waals surface area contributed by atoms with Crippen LogP contribution in [0.5, 0.6) is 0 Å². The highest BCUT2D eigenvalue weighted by molar-refractivity contribution is 6.36. The summed E-state index contributed by atoms with van der Waals surface area (Å²) in [6.45, 7) is 13.6. The van der Waals surface area contributed by atoms with E-state index in [1.54, 1.807) is 22.3 Å². The minimum absolute atomic E-state index is 0.626. The lowest BCUT2D eigenvalue weighted by Crippen LogP contribution is -2.07. The van der Waals surface area contributed by atoms with E-state index >= 15 is 0 Å². The highest BCUT2D eigenvalue weighted by Crippen LogP contribution is 2.43. The van der Waals surface area contributed by atoms with Gasteiger partial charge in [-0.25, -0.2) is 0 Å². The minimum Gasteiger partial charge on any atom is -0.0655 e. The van der Waals surface area contributed by atoms with Gasteiger partial charge in [-0.2, -0.15) is 0 Å². The number of fused-ring (bicyclic) bond motifs is 2. The first-order chi connectivity index (χ1) is 12.8. The van der Waals surface area contributed by atoms with Crippen molar-refractivity contribution in [3.05, 3.63) is 79.9 Å². The highest BCUT2D eigenvalue weighted by Gasteiger charge is 2.27. The molecule has 2 aliphatic rings. The molecule has 0 aliphatic heterocycles. The van der Waals surface area contributed by atoms with Gasteiger partial charge in [0.1, 0.15) is 0 Å². The Morgan fingerprint density at radius 3 is 1.44 bits per heavy atom. The quantitative estimate of drug-likeness (QED) is 0.501. The molecule has 0 amide bonds. The minimum atomic E-state index is 0.626. The SMILES string of the molecule is CC1=Cc2c(C)cc(C)cc2C1C[Si]CC1C(C)=Cc2c(C)cc(C)cc21. The van der Waals surface area contributed by atoms with Crippen molar-refractivity contribution >= 4 is 21.7 Å².